The predicted octanol–water partition coefficient (Wildman–Crippen LogP) is 2.69. The molecule has 2 aliphatic rings. The molecule has 2 atom stereocenters. The Morgan fingerprint density at radius 2 is 2.35 bits per heavy atom. The van der Waals surface area contributed by atoms with Crippen molar-refractivity contribution in [3.05, 3.63) is 35.4 Å². The van der Waals surface area contributed by atoms with Gasteiger partial charge in [0.25, 0.3) is 0 Å². The van der Waals surface area contributed by atoms with E-state index in [1.165, 1.54) is 29.4 Å². The monoisotopic (exact) mass is 465 g/mol. The maximum absolute atomic E-state index is 12.7. The molecule has 2 aromatic rings. The van der Waals surface area contributed by atoms with Gasteiger partial charge in [-0.2, -0.15) is 0 Å². The first-order valence-electron chi connectivity index (χ1n) is 9.97. The van der Waals surface area contributed by atoms with Crippen LogP contribution in [0.5, 0.6) is 0 Å². The number of nitrogens with zero attached hydrogens (tertiary/aromatic N) is 2. The van der Waals surface area contributed by atoms with Crippen LogP contribution in [-0.4, -0.2) is 53.8 Å². The summed E-state index contributed by atoms with van der Waals surface area (Å²) in [5.74, 6) is 0.263. The molecule has 3 N–H and O–H groups in total. The Morgan fingerprint density at radius 3 is 3.10 bits per heavy atom. The fourth-order valence-corrected chi connectivity index (χ4v) is 5.06. The Bertz CT molecular complexity index is 939. The maximum atomic E-state index is 12.7. The van der Waals surface area contributed by atoms with E-state index in [-0.39, 0.29) is 12.7 Å². The van der Waals surface area contributed by atoms with Crippen LogP contribution in [0.15, 0.2) is 38.4 Å². The number of hydrogen-bond acceptors (Lipinski definition) is 10. The molecule has 0 unspecified atom stereocenters. The summed E-state index contributed by atoms with van der Waals surface area (Å²) in [5.41, 5.74) is 0.766. The van der Waals surface area contributed by atoms with E-state index in [1.54, 1.807) is 19.1 Å². The second-order valence-corrected chi connectivity index (χ2v) is 9.04. The number of thioether (sulfide) groups is 1. The molecule has 1 fully saturated rings. The van der Waals surface area contributed by atoms with E-state index in [1.807, 2.05) is 0 Å². The lowest BCUT2D eigenvalue weighted by Crippen LogP contribution is -2.46. The summed E-state index contributed by atoms with van der Waals surface area (Å²) < 4.78 is 17.0. The summed E-state index contributed by atoms with van der Waals surface area (Å²) in [4.78, 5) is 24.9. The molecule has 10 nitrogen and oxygen atoms in total. The Labute approximate surface area is 187 Å². The SMILES string of the molecule is CCOC(=O)C1=C(CSc2nnc(NC[C@H]3CCCO3)s2)NC(=O)N[C@@H]1c1ccco1. The fraction of sp³-hybridized carbons (Fsp3) is 0.474. The molecule has 4 heterocycles. The summed E-state index contributed by atoms with van der Waals surface area (Å²) in [6, 6.07) is 2.27. The molecule has 1 saturated heterocycles. The summed E-state index contributed by atoms with van der Waals surface area (Å²) in [6.45, 7) is 3.46. The average molecular weight is 466 g/mol. The number of ether oxygens (including phenoxy) is 2. The minimum atomic E-state index is -0.726. The largest absolute Gasteiger partial charge is 0.467 e. The molecule has 0 bridgehead atoms. The zero-order valence-electron chi connectivity index (χ0n) is 16.9. The average Bonchev–Trinajstić information content (AvgIpc) is 3.53. The first kappa shape index (κ1) is 21.7. The smallest absolute Gasteiger partial charge is 0.338 e. The number of aromatic nitrogens is 2. The second-order valence-electron chi connectivity index (χ2n) is 6.84. The summed E-state index contributed by atoms with van der Waals surface area (Å²) in [5, 5.41) is 17.7. The van der Waals surface area contributed by atoms with E-state index < -0.39 is 18.0 Å². The van der Waals surface area contributed by atoms with Crippen LogP contribution in [0.4, 0.5) is 9.93 Å². The third kappa shape index (κ3) is 5.38. The van der Waals surface area contributed by atoms with Crippen molar-refractivity contribution in [2.24, 2.45) is 0 Å². The topological polar surface area (TPSA) is 128 Å². The molecule has 31 heavy (non-hydrogen) atoms. The number of carbonyl (C=O) groups excluding carboxylic acids is 2. The molecule has 12 heteroatoms. The highest BCUT2D eigenvalue weighted by Crippen LogP contribution is 2.32. The van der Waals surface area contributed by atoms with Crippen molar-refractivity contribution in [3.8, 4) is 0 Å². The van der Waals surface area contributed by atoms with Gasteiger partial charge in [0, 0.05) is 24.6 Å². The van der Waals surface area contributed by atoms with Gasteiger partial charge in [0.2, 0.25) is 5.13 Å². The molecule has 0 saturated carbocycles. The van der Waals surface area contributed by atoms with Crippen LogP contribution in [0.2, 0.25) is 0 Å². The van der Waals surface area contributed by atoms with Crippen molar-refractivity contribution < 1.29 is 23.5 Å². The van der Waals surface area contributed by atoms with Gasteiger partial charge in [-0.25, -0.2) is 9.59 Å². The number of anilines is 1. The third-order valence-corrected chi connectivity index (χ3v) is 6.77. The van der Waals surface area contributed by atoms with Crippen LogP contribution in [0.3, 0.4) is 0 Å². The number of esters is 1. The van der Waals surface area contributed by atoms with Crippen molar-refractivity contribution in [3.63, 3.8) is 0 Å². The normalized spacial score (nSPS) is 21.0. The zero-order valence-corrected chi connectivity index (χ0v) is 18.5. The van der Waals surface area contributed by atoms with Gasteiger partial charge < -0.3 is 29.8 Å². The van der Waals surface area contributed by atoms with Crippen molar-refractivity contribution in [1.29, 1.82) is 0 Å². The molecule has 2 amide bonds. The number of nitrogens with one attached hydrogen (secondary N) is 3. The van der Waals surface area contributed by atoms with Gasteiger partial charge in [0.05, 0.1) is 24.5 Å². The van der Waals surface area contributed by atoms with Crippen LogP contribution >= 0.6 is 23.1 Å². The van der Waals surface area contributed by atoms with Gasteiger partial charge >= 0.3 is 12.0 Å². The molecule has 0 aliphatic carbocycles. The third-order valence-electron chi connectivity index (χ3n) is 4.73. The Morgan fingerprint density at radius 1 is 1.45 bits per heavy atom. The molecular formula is C19H23N5O5S2. The lowest BCUT2D eigenvalue weighted by molar-refractivity contribution is -0.139. The highest BCUT2D eigenvalue weighted by atomic mass is 32.2. The fourth-order valence-electron chi connectivity index (χ4n) is 3.33. The van der Waals surface area contributed by atoms with E-state index in [4.69, 9.17) is 13.9 Å². The highest BCUT2D eigenvalue weighted by molar-refractivity contribution is 8.01. The number of rotatable bonds is 9. The molecule has 0 aromatic carbocycles. The first-order chi connectivity index (χ1) is 15.1. The molecule has 0 radical (unpaired) electrons. The van der Waals surface area contributed by atoms with Gasteiger partial charge in [-0.05, 0) is 31.9 Å². The number of furan rings is 1. The zero-order chi connectivity index (χ0) is 21.6. The highest BCUT2D eigenvalue weighted by Gasteiger charge is 2.35. The minimum Gasteiger partial charge on any atom is -0.467 e. The van der Waals surface area contributed by atoms with Gasteiger partial charge in [0.15, 0.2) is 4.34 Å². The predicted molar refractivity (Wildman–Crippen MR) is 115 cm³/mol. The first-order valence-corrected chi connectivity index (χ1v) is 11.8. The van der Waals surface area contributed by atoms with E-state index in [9.17, 15) is 9.59 Å². The minimum absolute atomic E-state index is 0.209. The second kappa shape index (κ2) is 10.2. The Hall–Kier alpha value is -2.57. The van der Waals surface area contributed by atoms with Crippen molar-refractivity contribution >= 4 is 40.2 Å². The van der Waals surface area contributed by atoms with E-state index in [0.717, 1.165) is 19.4 Å². The summed E-state index contributed by atoms with van der Waals surface area (Å²) in [7, 11) is 0. The quantitative estimate of drug-likeness (QED) is 0.378. The van der Waals surface area contributed by atoms with Crippen LogP contribution in [-0.2, 0) is 14.3 Å². The number of urea groups is 1. The van der Waals surface area contributed by atoms with Gasteiger partial charge in [-0.3, -0.25) is 0 Å². The Balaban J connectivity index is 1.47. The number of amides is 2. The molecular weight excluding hydrogens is 442 g/mol. The standard InChI is InChI=1S/C19H23N5O5S2/c1-2-27-16(25)14-12(21-17(26)22-15(14)13-6-4-8-29-13)10-30-19-24-23-18(31-19)20-9-11-5-3-7-28-11/h4,6,8,11,15H,2-3,5,7,9-10H2,1H3,(H,20,23)(H2,21,22,26)/t11-,15-/m1/s1. The van der Waals surface area contributed by atoms with Crippen molar-refractivity contribution in [2.75, 3.05) is 30.8 Å². The molecule has 2 aliphatic heterocycles. The number of carbonyl (C=O) groups is 2. The van der Waals surface area contributed by atoms with E-state index >= 15 is 0 Å². The van der Waals surface area contributed by atoms with Crippen LogP contribution in [0, 0.1) is 0 Å². The lowest BCUT2D eigenvalue weighted by Gasteiger charge is -2.27. The van der Waals surface area contributed by atoms with Crippen LogP contribution in [0.1, 0.15) is 31.6 Å². The van der Waals surface area contributed by atoms with Gasteiger partial charge in [-0.15, -0.1) is 10.2 Å². The van der Waals surface area contributed by atoms with Crippen molar-refractivity contribution in [1.82, 2.24) is 20.8 Å². The van der Waals surface area contributed by atoms with Gasteiger partial charge in [0.1, 0.15) is 11.8 Å². The molecule has 0 spiro atoms. The van der Waals surface area contributed by atoms with Gasteiger partial charge in [-0.1, -0.05) is 23.1 Å². The van der Waals surface area contributed by atoms with E-state index in [2.05, 4.69) is 26.1 Å². The molecule has 4 rings (SSSR count). The summed E-state index contributed by atoms with van der Waals surface area (Å²) >= 11 is 2.79. The Kier molecular flexibility index (Phi) is 7.10. The number of hydrogen-bond donors (Lipinski definition) is 3. The molecule has 2 aromatic heterocycles. The summed E-state index contributed by atoms with van der Waals surface area (Å²) in [6.07, 6.45) is 3.83. The van der Waals surface area contributed by atoms with Crippen LogP contribution in [0.25, 0.3) is 0 Å². The molecule has 166 valence electrons. The van der Waals surface area contributed by atoms with Crippen molar-refractivity contribution in [2.45, 2.75) is 36.3 Å². The maximum Gasteiger partial charge on any atom is 0.338 e. The lowest BCUT2D eigenvalue weighted by atomic mass is 10.0. The van der Waals surface area contributed by atoms with Crippen LogP contribution < -0.4 is 16.0 Å². The van der Waals surface area contributed by atoms with E-state index in [0.29, 0.717) is 38.8 Å².